The number of rotatable bonds is 8. The molecule has 0 radical (unpaired) electrons. The molecular formula is C20H23IN2O4. The molecule has 144 valence electrons. The minimum absolute atomic E-state index is 0.0760. The van der Waals surface area contributed by atoms with Crippen LogP contribution in [0, 0.1) is 3.57 Å². The van der Waals surface area contributed by atoms with Crippen molar-refractivity contribution in [2.45, 2.75) is 26.2 Å². The highest BCUT2D eigenvalue weighted by Gasteiger charge is 2.08. The minimum Gasteiger partial charge on any atom is -0.504 e. The molecule has 0 aromatic heterocycles. The number of amides is 1. The van der Waals surface area contributed by atoms with Crippen LogP contribution in [0.4, 0.5) is 0 Å². The monoisotopic (exact) mass is 482 g/mol. The molecule has 2 N–H and O–H groups in total. The minimum atomic E-state index is -0.363. The molecule has 0 aliphatic rings. The van der Waals surface area contributed by atoms with Crippen LogP contribution >= 0.6 is 22.6 Å². The largest absolute Gasteiger partial charge is 0.504 e. The van der Waals surface area contributed by atoms with Crippen molar-refractivity contribution >= 4 is 34.7 Å². The predicted octanol–water partition coefficient (Wildman–Crippen LogP) is 4.05. The van der Waals surface area contributed by atoms with E-state index in [1.165, 1.54) is 18.9 Å². The summed E-state index contributed by atoms with van der Waals surface area (Å²) in [6, 6.07) is 11.1. The highest BCUT2D eigenvalue weighted by Crippen LogP contribution is 2.31. The van der Waals surface area contributed by atoms with Gasteiger partial charge in [-0.05, 0) is 70.3 Å². The van der Waals surface area contributed by atoms with E-state index in [2.05, 4.69) is 24.4 Å². The molecule has 0 aliphatic heterocycles. The maximum atomic E-state index is 11.9. The van der Waals surface area contributed by atoms with Crippen LogP contribution in [-0.4, -0.2) is 30.9 Å². The summed E-state index contributed by atoms with van der Waals surface area (Å²) in [6.07, 6.45) is 2.55. The van der Waals surface area contributed by atoms with E-state index >= 15 is 0 Å². The lowest BCUT2D eigenvalue weighted by Gasteiger charge is -2.10. The van der Waals surface area contributed by atoms with Gasteiger partial charge >= 0.3 is 0 Å². The fourth-order valence-corrected chi connectivity index (χ4v) is 2.94. The van der Waals surface area contributed by atoms with Crippen molar-refractivity contribution in [1.82, 2.24) is 5.43 Å². The first kappa shape index (κ1) is 21.0. The molecule has 0 saturated heterocycles. The van der Waals surface area contributed by atoms with E-state index in [-0.39, 0.29) is 18.3 Å². The zero-order valence-electron chi connectivity index (χ0n) is 15.5. The highest BCUT2D eigenvalue weighted by atomic mass is 127. The van der Waals surface area contributed by atoms with Gasteiger partial charge in [-0.3, -0.25) is 4.79 Å². The number of nitrogens with zero attached hydrogens (tertiary/aromatic N) is 1. The third kappa shape index (κ3) is 6.13. The van der Waals surface area contributed by atoms with Crippen LogP contribution in [-0.2, 0) is 4.79 Å². The molecule has 1 atom stereocenters. The number of ether oxygens (including phenoxy) is 2. The Kier molecular flexibility index (Phi) is 7.90. The lowest BCUT2D eigenvalue weighted by atomic mass is 9.99. The molecule has 2 rings (SSSR count). The lowest BCUT2D eigenvalue weighted by Crippen LogP contribution is -2.24. The van der Waals surface area contributed by atoms with Gasteiger partial charge in [-0.15, -0.1) is 0 Å². The Morgan fingerprint density at radius 2 is 2.04 bits per heavy atom. The number of carbonyl (C=O) groups excluding carboxylic acids is 1. The quantitative estimate of drug-likeness (QED) is 0.338. The average molecular weight is 482 g/mol. The van der Waals surface area contributed by atoms with Crippen molar-refractivity contribution in [2.24, 2.45) is 5.10 Å². The van der Waals surface area contributed by atoms with E-state index in [4.69, 9.17) is 9.47 Å². The van der Waals surface area contributed by atoms with Crippen LogP contribution in [0.25, 0.3) is 0 Å². The van der Waals surface area contributed by atoms with Gasteiger partial charge in [-0.1, -0.05) is 26.0 Å². The van der Waals surface area contributed by atoms with E-state index in [1.54, 1.807) is 12.1 Å². The number of phenolic OH excluding ortho intramolecular Hbond substituents is 1. The average Bonchev–Trinajstić information content (AvgIpc) is 2.68. The second-order valence-corrected chi connectivity index (χ2v) is 7.18. The first-order valence-corrected chi connectivity index (χ1v) is 9.63. The van der Waals surface area contributed by atoms with Gasteiger partial charge in [-0.25, -0.2) is 5.43 Å². The first-order valence-electron chi connectivity index (χ1n) is 8.55. The SMILES string of the molecule is CC[C@H](C)c1ccc(OCC(=O)N/N=C\c2cc(I)c(O)c(OC)c2)cc1. The molecule has 1 amide bonds. The number of nitrogens with one attached hydrogen (secondary N) is 1. The van der Waals surface area contributed by atoms with Crippen LogP contribution in [0.1, 0.15) is 37.3 Å². The normalized spacial score (nSPS) is 12.0. The summed E-state index contributed by atoms with van der Waals surface area (Å²) in [6.45, 7) is 4.19. The Morgan fingerprint density at radius 3 is 2.67 bits per heavy atom. The van der Waals surface area contributed by atoms with Crippen LogP contribution in [0.5, 0.6) is 17.2 Å². The van der Waals surface area contributed by atoms with Gasteiger partial charge in [0.15, 0.2) is 18.1 Å². The number of halogens is 1. The summed E-state index contributed by atoms with van der Waals surface area (Å²) in [5.74, 6) is 1.20. The molecule has 0 spiro atoms. The van der Waals surface area contributed by atoms with Gasteiger partial charge in [-0.2, -0.15) is 5.10 Å². The maximum Gasteiger partial charge on any atom is 0.277 e. The standard InChI is InChI=1S/C20H23IN2O4/c1-4-13(2)15-5-7-16(8-6-15)27-12-19(24)23-22-11-14-9-17(21)20(25)18(10-14)26-3/h5-11,13,25H,4,12H2,1-3H3,(H,23,24)/b22-11-/t13-/m0/s1. The maximum absolute atomic E-state index is 11.9. The Balaban J connectivity index is 1.86. The Bertz CT molecular complexity index is 806. The van der Waals surface area contributed by atoms with E-state index in [0.717, 1.165) is 6.42 Å². The van der Waals surface area contributed by atoms with E-state index in [9.17, 15) is 9.90 Å². The van der Waals surface area contributed by atoms with Gasteiger partial charge in [0.2, 0.25) is 0 Å². The molecule has 2 aromatic carbocycles. The van der Waals surface area contributed by atoms with Crippen molar-refractivity contribution in [3.8, 4) is 17.2 Å². The Morgan fingerprint density at radius 1 is 1.33 bits per heavy atom. The number of aromatic hydroxyl groups is 1. The van der Waals surface area contributed by atoms with Gasteiger partial charge in [0, 0.05) is 0 Å². The van der Waals surface area contributed by atoms with Crippen LogP contribution in [0.2, 0.25) is 0 Å². The topological polar surface area (TPSA) is 80.2 Å². The first-order chi connectivity index (χ1) is 12.9. The number of hydrogen-bond acceptors (Lipinski definition) is 5. The number of hydrogen-bond donors (Lipinski definition) is 2. The van der Waals surface area contributed by atoms with Gasteiger partial charge in [0.1, 0.15) is 5.75 Å². The molecule has 0 unspecified atom stereocenters. The molecule has 0 aliphatic carbocycles. The van der Waals surface area contributed by atoms with Crippen molar-refractivity contribution in [2.75, 3.05) is 13.7 Å². The number of benzene rings is 2. The van der Waals surface area contributed by atoms with Crippen molar-refractivity contribution < 1.29 is 19.4 Å². The number of carbonyl (C=O) groups is 1. The zero-order chi connectivity index (χ0) is 19.8. The molecule has 7 heteroatoms. The third-order valence-electron chi connectivity index (χ3n) is 4.10. The number of hydrazone groups is 1. The number of phenols is 1. The Hall–Kier alpha value is -2.29. The van der Waals surface area contributed by atoms with Gasteiger partial charge < -0.3 is 14.6 Å². The predicted molar refractivity (Wildman–Crippen MR) is 114 cm³/mol. The van der Waals surface area contributed by atoms with E-state index < -0.39 is 0 Å². The van der Waals surface area contributed by atoms with E-state index in [1.807, 2.05) is 46.9 Å². The summed E-state index contributed by atoms with van der Waals surface area (Å²) in [5.41, 5.74) is 4.35. The molecular weight excluding hydrogens is 459 g/mol. The smallest absolute Gasteiger partial charge is 0.277 e. The van der Waals surface area contributed by atoms with Gasteiger partial charge in [0.25, 0.3) is 5.91 Å². The van der Waals surface area contributed by atoms with Gasteiger partial charge in [0.05, 0.1) is 16.9 Å². The summed E-state index contributed by atoms with van der Waals surface area (Å²) >= 11 is 1.99. The third-order valence-corrected chi connectivity index (χ3v) is 4.93. The molecule has 2 aromatic rings. The summed E-state index contributed by atoms with van der Waals surface area (Å²) in [5, 5.41) is 13.7. The zero-order valence-corrected chi connectivity index (χ0v) is 17.7. The van der Waals surface area contributed by atoms with E-state index in [0.29, 0.717) is 26.6 Å². The molecule has 0 saturated carbocycles. The summed E-state index contributed by atoms with van der Waals surface area (Å²) < 4.78 is 11.2. The highest BCUT2D eigenvalue weighted by molar-refractivity contribution is 14.1. The van der Waals surface area contributed by atoms with Crippen LogP contribution in [0.15, 0.2) is 41.5 Å². The summed E-state index contributed by atoms with van der Waals surface area (Å²) in [7, 11) is 1.47. The van der Waals surface area contributed by atoms with Crippen LogP contribution < -0.4 is 14.9 Å². The summed E-state index contributed by atoms with van der Waals surface area (Å²) in [4.78, 5) is 11.9. The second kappa shape index (κ2) is 10.1. The molecule has 6 nitrogen and oxygen atoms in total. The fourth-order valence-electron chi connectivity index (χ4n) is 2.31. The lowest BCUT2D eigenvalue weighted by molar-refractivity contribution is -0.123. The fraction of sp³-hybridized carbons (Fsp3) is 0.300. The number of methoxy groups -OCH3 is 1. The molecule has 0 heterocycles. The molecule has 0 fully saturated rings. The second-order valence-electron chi connectivity index (χ2n) is 6.01. The van der Waals surface area contributed by atoms with Crippen molar-refractivity contribution in [1.29, 1.82) is 0 Å². The van der Waals surface area contributed by atoms with Crippen molar-refractivity contribution in [3.05, 3.63) is 51.1 Å². The van der Waals surface area contributed by atoms with Crippen LogP contribution in [0.3, 0.4) is 0 Å². The Labute approximate surface area is 172 Å². The molecule has 27 heavy (non-hydrogen) atoms. The molecule has 0 bridgehead atoms. The van der Waals surface area contributed by atoms with Crippen molar-refractivity contribution in [3.63, 3.8) is 0 Å².